The summed E-state index contributed by atoms with van der Waals surface area (Å²) >= 11 is 0. The van der Waals surface area contributed by atoms with E-state index < -0.39 is 11.1 Å². The van der Waals surface area contributed by atoms with Crippen molar-refractivity contribution in [2.24, 2.45) is 11.7 Å². The summed E-state index contributed by atoms with van der Waals surface area (Å²) in [6.45, 7) is 7.60. The maximum atomic E-state index is 13.1. The minimum absolute atomic E-state index is 0.0287. The SMILES string of the molecule is CC(=O)N(C(C)C)C1CCC(CC(=O)Nc2cc(-c3ccccc3)c(-c3ccc(C4(N)CC(C)(O)C4)cc3)cn2)CC1. The number of aliphatic hydroxyl groups is 1. The molecule has 2 aliphatic rings. The van der Waals surface area contributed by atoms with Crippen LogP contribution in [0.5, 0.6) is 0 Å². The molecular formula is C35H44N4O3. The van der Waals surface area contributed by atoms with Crippen LogP contribution in [0.2, 0.25) is 0 Å². The van der Waals surface area contributed by atoms with Crippen LogP contribution < -0.4 is 11.1 Å². The van der Waals surface area contributed by atoms with Crippen LogP contribution in [0.15, 0.2) is 66.9 Å². The summed E-state index contributed by atoms with van der Waals surface area (Å²) in [5.74, 6) is 0.938. The number of anilines is 1. The summed E-state index contributed by atoms with van der Waals surface area (Å²) in [4.78, 5) is 31.8. The molecule has 0 bridgehead atoms. The number of carbonyl (C=O) groups excluding carboxylic acids is 2. The zero-order valence-corrected chi connectivity index (χ0v) is 25.3. The molecule has 222 valence electrons. The lowest BCUT2D eigenvalue weighted by molar-refractivity contribution is -0.134. The second-order valence-electron chi connectivity index (χ2n) is 13.0. The maximum absolute atomic E-state index is 13.1. The van der Waals surface area contributed by atoms with Gasteiger partial charge in [-0.15, -0.1) is 0 Å². The lowest BCUT2D eigenvalue weighted by Crippen LogP contribution is -2.58. The largest absolute Gasteiger partial charge is 0.390 e. The van der Waals surface area contributed by atoms with Crippen LogP contribution >= 0.6 is 0 Å². The predicted octanol–water partition coefficient (Wildman–Crippen LogP) is 6.26. The molecule has 3 aromatic rings. The van der Waals surface area contributed by atoms with E-state index in [9.17, 15) is 14.7 Å². The Balaban J connectivity index is 1.28. The molecule has 2 amide bonds. The van der Waals surface area contributed by atoms with E-state index in [1.165, 1.54) is 0 Å². The number of aromatic nitrogens is 1. The highest BCUT2D eigenvalue weighted by atomic mass is 16.3. The van der Waals surface area contributed by atoms with Gasteiger partial charge in [0.1, 0.15) is 5.82 Å². The second-order valence-corrected chi connectivity index (χ2v) is 13.0. The number of nitrogens with one attached hydrogen (secondary N) is 1. The van der Waals surface area contributed by atoms with Gasteiger partial charge >= 0.3 is 0 Å². The Hall–Kier alpha value is -3.55. The summed E-state index contributed by atoms with van der Waals surface area (Å²) in [6.07, 6.45) is 7.11. The summed E-state index contributed by atoms with van der Waals surface area (Å²) < 4.78 is 0. The van der Waals surface area contributed by atoms with Crippen molar-refractivity contribution < 1.29 is 14.7 Å². The number of nitrogens with two attached hydrogens (primary N) is 1. The molecule has 7 nitrogen and oxygen atoms in total. The maximum Gasteiger partial charge on any atom is 0.225 e. The second kappa shape index (κ2) is 12.0. The van der Waals surface area contributed by atoms with Crippen molar-refractivity contribution in [1.82, 2.24) is 9.88 Å². The van der Waals surface area contributed by atoms with Gasteiger partial charge in [-0.3, -0.25) is 9.59 Å². The fraction of sp³-hybridized carbons (Fsp3) is 0.457. The van der Waals surface area contributed by atoms with Crippen LogP contribution in [0.4, 0.5) is 5.82 Å². The number of hydrogen-bond donors (Lipinski definition) is 3. The molecule has 1 aromatic heterocycles. The highest BCUT2D eigenvalue weighted by Crippen LogP contribution is 2.46. The van der Waals surface area contributed by atoms with Gasteiger partial charge < -0.3 is 21.1 Å². The average molecular weight is 569 g/mol. The van der Waals surface area contributed by atoms with Gasteiger partial charge in [-0.25, -0.2) is 4.98 Å². The molecule has 0 spiro atoms. The van der Waals surface area contributed by atoms with Crippen LogP contribution in [-0.2, 0) is 15.1 Å². The Morgan fingerprint density at radius 2 is 1.62 bits per heavy atom. The standard InChI is InChI=1S/C35H44N4O3/c1-23(2)39(24(3)40)29-16-10-25(11-17-29)18-33(41)38-32-19-30(26-8-6-5-7-9-26)31(20-37-32)27-12-14-28(15-13-27)35(36)21-34(4,42)22-35/h5-9,12-15,19-20,23,25,29,42H,10-11,16-18,21-22,36H2,1-4H3,(H,37,38,41). The first-order valence-corrected chi connectivity index (χ1v) is 15.2. The molecule has 0 atom stereocenters. The third-order valence-corrected chi connectivity index (χ3v) is 9.02. The summed E-state index contributed by atoms with van der Waals surface area (Å²) in [5.41, 5.74) is 10.4. The van der Waals surface area contributed by atoms with Crippen molar-refractivity contribution in [2.75, 3.05) is 5.32 Å². The molecule has 4 N–H and O–H groups in total. The summed E-state index contributed by atoms with van der Waals surface area (Å²) in [5, 5.41) is 13.3. The van der Waals surface area contributed by atoms with E-state index in [2.05, 4.69) is 48.4 Å². The Morgan fingerprint density at radius 3 is 2.19 bits per heavy atom. The van der Waals surface area contributed by atoms with Crippen LogP contribution in [-0.4, -0.2) is 44.5 Å². The number of pyridine rings is 1. The number of hydrogen-bond acceptors (Lipinski definition) is 5. The van der Waals surface area contributed by atoms with Crippen molar-refractivity contribution >= 4 is 17.6 Å². The Labute approximate surface area is 249 Å². The van der Waals surface area contributed by atoms with Gasteiger partial charge in [-0.1, -0.05) is 54.6 Å². The van der Waals surface area contributed by atoms with Gasteiger partial charge in [0.2, 0.25) is 11.8 Å². The quantitative estimate of drug-likeness (QED) is 0.297. The zero-order chi connectivity index (χ0) is 30.1. The predicted molar refractivity (Wildman–Crippen MR) is 167 cm³/mol. The van der Waals surface area contributed by atoms with E-state index in [1.807, 2.05) is 54.4 Å². The van der Waals surface area contributed by atoms with Crippen molar-refractivity contribution in [3.63, 3.8) is 0 Å². The third-order valence-electron chi connectivity index (χ3n) is 9.02. The Bertz CT molecular complexity index is 1400. The van der Waals surface area contributed by atoms with Crippen molar-refractivity contribution in [3.8, 4) is 22.3 Å². The lowest BCUT2D eigenvalue weighted by Gasteiger charge is -2.49. The molecule has 7 heteroatoms. The molecule has 0 saturated heterocycles. The first-order valence-electron chi connectivity index (χ1n) is 15.2. The molecule has 0 radical (unpaired) electrons. The Kier molecular flexibility index (Phi) is 8.53. The minimum Gasteiger partial charge on any atom is -0.390 e. The highest BCUT2D eigenvalue weighted by Gasteiger charge is 2.49. The van der Waals surface area contributed by atoms with E-state index in [0.29, 0.717) is 31.0 Å². The number of nitrogens with zero attached hydrogens (tertiary/aromatic N) is 2. The van der Waals surface area contributed by atoms with Gasteiger partial charge in [0.15, 0.2) is 0 Å². The van der Waals surface area contributed by atoms with Crippen LogP contribution in [0, 0.1) is 5.92 Å². The number of benzene rings is 2. The van der Waals surface area contributed by atoms with E-state index in [4.69, 9.17) is 5.73 Å². The Morgan fingerprint density at radius 1 is 1.00 bits per heavy atom. The molecule has 2 aliphatic carbocycles. The topological polar surface area (TPSA) is 109 Å². The molecule has 42 heavy (non-hydrogen) atoms. The van der Waals surface area contributed by atoms with Crippen LogP contribution in [0.25, 0.3) is 22.3 Å². The third kappa shape index (κ3) is 6.58. The molecule has 2 saturated carbocycles. The fourth-order valence-corrected chi connectivity index (χ4v) is 7.23. The molecule has 2 fully saturated rings. The molecule has 5 rings (SSSR count). The number of rotatable bonds is 8. The smallest absolute Gasteiger partial charge is 0.225 e. The van der Waals surface area contributed by atoms with Gasteiger partial charge in [-0.05, 0) is 93.5 Å². The zero-order valence-electron chi connectivity index (χ0n) is 25.3. The van der Waals surface area contributed by atoms with Crippen molar-refractivity contribution in [2.45, 2.75) is 95.9 Å². The first-order chi connectivity index (χ1) is 19.9. The number of amides is 2. The first kappa shape index (κ1) is 29.9. The van der Waals surface area contributed by atoms with E-state index in [-0.39, 0.29) is 23.9 Å². The average Bonchev–Trinajstić information content (AvgIpc) is 2.93. The number of carbonyl (C=O) groups is 2. The highest BCUT2D eigenvalue weighted by molar-refractivity contribution is 5.92. The molecular weight excluding hydrogens is 524 g/mol. The van der Waals surface area contributed by atoms with Crippen LogP contribution in [0.3, 0.4) is 0 Å². The molecule has 1 heterocycles. The van der Waals surface area contributed by atoms with Gasteiger partial charge in [0.25, 0.3) is 0 Å². The fourth-order valence-electron chi connectivity index (χ4n) is 7.23. The molecule has 2 aromatic carbocycles. The molecule has 0 aliphatic heterocycles. The van der Waals surface area contributed by atoms with Crippen LogP contribution in [0.1, 0.15) is 78.2 Å². The van der Waals surface area contributed by atoms with E-state index >= 15 is 0 Å². The minimum atomic E-state index is -0.706. The van der Waals surface area contributed by atoms with E-state index in [1.54, 1.807) is 6.92 Å². The van der Waals surface area contributed by atoms with Gasteiger partial charge in [0.05, 0.1) is 5.60 Å². The molecule has 0 unspecified atom stereocenters. The normalized spacial score (nSPS) is 25.5. The van der Waals surface area contributed by atoms with E-state index in [0.717, 1.165) is 53.5 Å². The van der Waals surface area contributed by atoms with Crippen molar-refractivity contribution in [1.29, 1.82) is 0 Å². The van der Waals surface area contributed by atoms with Gasteiger partial charge in [-0.2, -0.15) is 0 Å². The lowest BCUT2D eigenvalue weighted by atomic mass is 9.63. The van der Waals surface area contributed by atoms with Crippen molar-refractivity contribution in [3.05, 3.63) is 72.4 Å². The summed E-state index contributed by atoms with van der Waals surface area (Å²) in [7, 11) is 0. The summed E-state index contributed by atoms with van der Waals surface area (Å²) in [6, 6.07) is 20.7. The monoisotopic (exact) mass is 568 g/mol. The van der Waals surface area contributed by atoms with Gasteiger partial charge in [0, 0.05) is 42.7 Å².